The summed E-state index contributed by atoms with van der Waals surface area (Å²) in [5.41, 5.74) is 2.03. The van der Waals surface area contributed by atoms with E-state index in [0.29, 0.717) is 12.5 Å². The number of likely N-dealkylation sites (tertiary alicyclic amines) is 1. The Balaban J connectivity index is 1.29. The van der Waals surface area contributed by atoms with Crippen LogP contribution in [0.4, 0.5) is 0 Å². The summed E-state index contributed by atoms with van der Waals surface area (Å²) >= 11 is 0. The SMILES string of the molecule is COc1ncccc1CN1CC2(C[C@@H](OCc3ccccn3)CCO2)C1. The molecule has 0 saturated carbocycles. The lowest BCUT2D eigenvalue weighted by Crippen LogP contribution is -2.65. The molecule has 4 heterocycles. The van der Waals surface area contributed by atoms with Gasteiger partial charge in [-0.3, -0.25) is 9.88 Å². The summed E-state index contributed by atoms with van der Waals surface area (Å²) in [7, 11) is 1.66. The van der Waals surface area contributed by atoms with Crippen LogP contribution in [0.2, 0.25) is 0 Å². The Morgan fingerprint density at radius 3 is 2.88 bits per heavy atom. The average molecular weight is 355 g/mol. The molecular formula is C20H25N3O3. The smallest absolute Gasteiger partial charge is 0.217 e. The zero-order chi connectivity index (χ0) is 17.8. The number of aromatic nitrogens is 2. The van der Waals surface area contributed by atoms with Gasteiger partial charge in [0.05, 0.1) is 31.1 Å². The van der Waals surface area contributed by atoms with E-state index in [1.807, 2.05) is 24.3 Å². The lowest BCUT2D eigenvalue weighted by atomic mass is 9.84. The maximum Gasteiger partial charge on any atom is 0.217 e. The molecule has 2 saturated heterocycles. The van der Waals surface area contributed by atoms with Gasteiger partial charge in [0, 0.05) is 50.6 Å². The quantitative estimate of drug-likeness (QED) is 0.793. The van der Waals surface area contributed by atoms with Crippen molar-refractivity contribution in [1.82, 2.24) is 14.9 Å². The fourth-order valence-corrected chi connectivity index (χ4v) is 3.88. The zero-order valence-electron chi connectivity index (χ0n) is 15.1. The Bertz CT molecular complexity index is 719. The van der Waals surface area contributed by atoms with E-state index in [0.717, 1.165) is 50.3 Å². The van der Waals surface area contributed by atoms with Gasteiger partial charge in [-0.25, -0.2) is 4.98 Å². The Kier molecular flexibility index (Phi) is 5.15. The number of nitrogens with zero attached hydrogens (tertiary/aromatic N) is 3. The van der Waals surface area contributed by atoms with Crippen LogP contribution in [0.1, 0.15) is 24.1 Å². The van der Waals surface area contributed by atoms with Gasteiger partial charge in [-0.2, -0.15) is 0 Å². The molecule has 6 nitrogen and oxygen atoms in total. The van der Waals surface area contributed by atoms with Gasteiger partial charge in [0.25, 0.3) is 0 Å². The van der Waals surface area contributed by atoms with Gasteiger partial charge in [0.2, 0.25) is 5.88 Å². The molecule has 6 heteroatoms. The van der Waals surface area contributed by atoms with Crippen molar-refractivity contribution in [2.45, 2.75) is 37.7 Å². The molecule has 138 valence electrons. The van der Waals surface area contributed by atoms with Gasteiger partial charge in [0.15, 0.2) is 0 Å². The van der Waals surface area contributed by atoms with Crippen molar-refractivity contribution >= 4 is 0 Å². The van der Waals surface area contributed by atoms with E-state index in [1.54, 1.807) is 19.5 Å². The topological polar surface area (TPSA) is 56.7 Å². The first-order valence-electron chi connectivity index (χ1n) is 9.12. The molecule has 0 N–H and O–H groups in total. The maximum atomic E-state index is 6.12. The van der Waals surface area contributed by atoms with Crippen LogP contribution in [-0.4, -0.2) is 53.4 Å². The standard InChI is InChI=1S/C20H25N3O3/c1-24-19-16(5-4-9-22-19)12-23-14-20(15-23)11-18(7-10-26-20)25-13-17-6-2-3-8-21-17/h2-6,8-9,18H,7,10-15H2,1H3/t18-/m0/s1. The second-order valence-corrected chi connectivity index (χ2v) is 7.10. The number of hydrogen-bond donors (Lipinski definition) is 0. The lowest BCUT2D eigenvalue weighted by molar-refractivity contribution is -0.200. The molecule has 0 radical (unpaired) electrons. The van der Waals surface area contributed by atoms with Gasteiger partial charge >= 0.3 is 0 Å². The van der Waals surface area contributed by atoms with Gasteiger partial charge in [0.1, 0.15) is 0 Å². The van der Waals surface area contributed by atoms with Crippen LogP contribution in [-0.2, 0) is 22.6 Å². The molecule has 0 unspecified atom stereocenters. The molecule has 4 rings (SSSR count). The van der Waals surface area contributed by atoms with Gasteiger partial charge in [-0.1, -0.05) is 12.1 Å². The van der Waals surface area contributed by atoms with Crippen LogP contribution in [0, 0.1) is 0 Å². The molecule has 0 aromatic carbocycles. The van der Waals surface area contributed by atoms with E-state index >= 15 is 0 Å². The van der Waals surface area contributed by atoms with Crippen molar-refractivity contribution in [3.63, 3.8) is 0 Å². The monoisotopic (exact) mass is 355 g/mol. The van der Waals surface area contributed by atoms with Crippen molar-refractivity contribution in [3.8, 4) is 5.88 Å². The van der Waals surface area contributed by atoms with Gasteiger partial charge in [-0.05, 0) is 24.6 Å². The highest BCUT2D eigenvalue weighted by molar-refractivity contribution is 5.25. The average Bonchev–Trinajstić information content (AvgIpc) is 2.67. The van der Waals surface area contributed by atoms with Gasteiger partial charge < -0.3 is 14.2 Å². The summed E-state index contributed by atoms with van der Waals surface area (Å²) in [5, 5.41) is 0. The molecule has 1 spiro atoms. The Morgan fingerprint density at radius 2 is 2.08 bits per heavy atom. The van der Waals surface area contributed by atoms with Crippen LogP contribution in [0.15, 0.2) is 42.7 Å². The van der Waals surface area contributed by atoms with E-state index in [1.165, 1.54) is 0 Å². The van der Waals surface area contributed by atoms with E-state index < -0.39 is 0 Å². The molecule has 2 aliphatic heterocycles. The summed E-state index contributed by atoms with van der Waals surface area (Å²) in [6.07, 6.45) is 5.70. The third-order valence-corrected chi connectivity index (χ3v) is 5.10. The van der Waals surface area contributed by atoms with E-state index in [-0.39, 0.29) is 11.7 Å². The summed E-state index contributed by atoms with van der Waals surface area (Å²) < 4.78 is 17.6. The molecule has 26 heavy (non-hydrogen) atoms. The van der Waals surface area contributed by atoms with E-state index in [2.05, 4.69) is 20.9 Å². The highest BCUT2D eigenvalue weighted by Crippen LogP contribution is 2.36. The van der Waals surface area contributed by atoms with Gasteiger partial charge in [-0.15, -0.1) is 0 Å². The summed E-state index contributed by atoms with van der Waals surface area (Å²) in [4.78, 5) is 11.0. The number of methoxy groups -OCH3 is 1. The van der Waals surface area contributed by atoms with Crippen molar-refractivity contribution in [3.05, 3.63) is 54.0 Å². The molecule has 2 aromatic heterocycles. The molecule has 0 amide bonds. The summed E-state index contributed by atoms with van der Waals surface area (Å²) in [6.45, 7) is 4.01. The van der Waals surface area contributed by atoms with Crippen LogP contribution >= 0.6 is 0 Å². The highest BCUT2D eigenvalue weighted by atomic mass is 16.5. The van der Waals surface area contributed by atoms with Crippen LogP contribution in [0.5, 0.6) is 5.88 Å². The fraction of sp³-hybridized carbons (Fsp3) is 0.500. The van der Waals surface area contributed by atoms with Crippen molar-refractivity contribution in [1.29, 1.82) is 0 Å². The minimum Gasteiger partial charge on any atom is -0.481 e. The number of hydrogen-bond acceptors (Lipinski definition) is 6. The van der Waals surface area contributed by atoms with Crippen molar-refractivity contribution in [2.75, 3.05) is 26.8 Å². The third kappa shape index (κ3) is 3.87. The summed E-state index contributed by atoms with van der Waals surface area (Å²) in [5.74, 6) is 0.703. The maximum absolute atomic E-state index is 6.12. The first-order chi connectivity index (χ1) is 12.8. The van der Waals surface area contributed by atoms with E-state index in [4.69, 9.17) is 14.2 Å². The first-order valence-corrected chi connectivity index (χ1v) is 9.12. The molecule has 0 aliphatic carbocycles. The normalized spacial score (nSPS) is 22.1. The summed E-state index contributed by atoms with van der Waals surface area (Å²) in [6, 6.07) is 9.94. The number of pyridine rings is 2. The predicted molar refractivity (Wildman–Crippen MR) is 96.8 cm³/mol. The number of rotatable bonds is 6. The molecule has 2 aliphatic rings. The molecule has 1 atom stereocenters. The lowest BCUT2D eigenvalue weighted by Gasteiger charge is -2.53. The van der Waals surface area contributed by atoms with Crippen LogP contribution in [0.25, 0.3) is 0 Å². The van der Waals surface area contributed by atoms with Crippen molar-refractivity contribution in [2.24, 2.45) is 0 Å². The second-order valence-electron chi connectivity index (χ2n) is 7.10. The second kappa shape index (κ2) is 7.70. The van der Waals surface area contributed by atoms with Crippen LogP contribution < -0.4 is 4.74 Å². The Labute approximate surface area is 154 Å². The Morgan fingerprint density at radius 1 is 1.19 bits per heavy atom. The minimum atomic E-state index is -0.0670. The van der Waals surface area contributed by atoms with Crippen LogP contribution in [0.3, 0.4) is 0 Å². The fourth-order valence-electron chi connectivity index (χ4n) is 3.88. The molecule has 2 aromatic rings. The molecule has 0 bridgehead atoms. The zero-order valence-corrected chi connectivity index (χ0v) is 15.1. The number of ether oxygens (including phenoxy) is 3. The minimum absolute atomic E-state index is 0.0670. The largest absolute Gasteiger partial charge is 0.481 e. The predicted octanol–water partition coefficient (Wildman–Crippen LogP) is 2.44. The Hall–Kier alpha value is -2.02. The molecule has 2 fully saturated rings. The van der Waals surface area contributed by atoms with Crippen molar-refractivity contribution < 1.29 is 14.2 Å². The molecular weight excluding hydrogens is 330 g/mol. The van der Waals surface area contributed by atoms with E-state index in [9.17, 15) is 0 Å². The third-order valence-electron chi connectivity index (χ3n) is 5.10. The first kappa shape index (κ1) is 17.4. The highest BCUT2D eigenvalue weighted by Gasteiger charge is 2.47.